The van der Waals surface area contributed by atoms with Crippen LogP contribution in [0.2, 0.25) is 0 Å². The molecule has 0 bridgehead atoms. The van der Waals surface area contributed by atoms with Crippen molar-refractivity contribution in [2.75, 3.05) is 0 Å². The highest BCUT2D eigenvalue weighted by molar-refractivity contribution is 5.97. The quantitative estimate of drug-likeness (QED) is 0.868. The topological polar surface area (TPSA) is 74.6 Å². The van der Waals surface area contributed by atoms with Gasteiger partial charge in [-0.2, -0.15) is 0 Å². The van der Waals surface area contributed by atoms with Crippen LogP contribution in [0, 0.1) is 5.41 Å². The van der Waals surface area contributed by atoms with Gasteiger partial charge >= 0.3 is 5.97 Å². The zero-order chi connectivity index (χ0) is 15.6. The molecule has 0 saturated heterocycles. The lowest BCUT2D eigenvalue weighted by atomic mass is 9.70. The fraction of sp³-hybridized carbons (Fsp3) is 0.500. The average Bonchev–Trinajstić information content (AvgIpc) is 2.38. The summed E-state index contributed by atoms with van der Waals surface area (Å²) in [5.41, 5.74) is -2.30. The summed E-state index contributed by atoms with van der Waals surface area (Å²) in [7, 11) is 0. The van der Waals surface area contributed by atoms with E-state index in [4.69, 9.17) is 0 Å². The molecule has 1 aromatic rings. The summed E-state index contributed by atoms with van der Waals surface area (Å²) in [4.78, 5) is 24.1. The largest absolute Gasteiger partial charge is 0.479 e. The first-order chi connectivity index (χ1) is 9.14. The van der Waals surface area contributed by atoms with Crippen LogP contribution in [0.25, 0.3) is 0 Å². The standard InChI is InChI=1S/C16H22O4/c1-5-16(20,14(18)19)12(13(17)15(2,3)4)11-9-7-6-8-10-11/h6-10,12,20H,5H2,1-4H3,(H,18,19). The van der Waals surface area contributed by atoms with Crippen molar-refractivity contribution in [2.24, 2.45) is 5.41 Å². The zero-order valence-corrected chi connectivity index (χ0v) is 12.4. The van der Waals surface area contributed by atoms with Crippen LogP contribution in [-0.2, 0) is 9.59 Å². The van der Waals surface area contributed by atoms with Gasteiger partial charge in [0.05, 0.1) is 5.92 Å². The lowest BCUT2D eigenvalue weighted by Crippen LogP contribution is -2.49. The minimum atomic E-state index is -2.09. The maximum absolute atomic E-state index is 12.7. The van der Waals surface area contributed by atoms with Crippen molar-refractivity contribution in [1.82, 2.24) is 0 Å². The van der Waals surface area contributed by atoms with E-state index in [1.807, 2.05) is 0 Å². The van der Waals surface area contributed by atoms with Crippen LogP contribution in [0.1, 0.15) is 45.6 Å². The lowest BCUT2D eigenvalue weighted by Gasteiger charge is -2.34. The molecule has 2 atom stereocenters. The highest BCUT2D eigenvalue weighted by Crippen LogP contribution is 2.37. The number of aliphatic carboxylic acids is 1. The molecule has 0 aliphatic rings. The molecule has 0 amide bonds. The number of ketones is 1. The first kappa shape index (κ1) is 16.4. The lowest BCUT2D eigenvalue weighted by molar-refractivity contribution is -0.165. The maximum Gasteiger partial charge on any atom is 0.336 e. The van der Waals surface area contributed by atoms with E-state index in [1.54, 1.807) is 58.0 Å². The van der Waals surface area contributed by atoms with E-state index in [-0.39, 0.29) is 12.2 Å². The van der Waals surface area contributed by atoms with Crippen molar-refractivity contribution in [3.8, 4) is 0 Å². The van der Waals surface area contributed by atoms with Crippen molar-refractivity contribution in [1.29, 1.82) is 0 Å². The molecule has 0 aliphatic heterocycles. The van der Waals surface area contributed by atoms with Gasteiger partial charge in [0.1, 0.15) is 5.78 Å². The second-order valence-electron chi connectivity index (χ2n) is 6.04. The molecular weight excluding hydrogens is 256 g/mol. The number of carbonyl (C=O) groups is 2. The van der Waals surface area contributed by atoms with E-state index in [1.165, 1.54) is 0 Å². The van der Waals surface area contributed by atoms with Gasteiger partial charge in [-0.1, -0.05) is 58.0 Å². The van der Waals surface area contributed by atoms with Gasteiger partial charge in [-0.15, -0.1) is 0 Å². The third kappa shape index (κ3) is 3.07. The van der Waals surface area contributed by atoms with E-state index >= 15 is 0 Å². The normalized spacial score (nSPS) is 16.2. The van der Waals surface area contributed by atoms with E-state index in [2.05, 4.69) is 0 Å². The zero-order valence-electron chi connectivity index (χ0n) is 12.4. The minimum Gasteiger partial charge on any atom is -0.479 e. The molecule has 1 aromatic carbocycles. The molecule has 2 N–H and O–H groups in total. The van der Waals surface area contributed by atoms with Gasteiger partial charge in [0, 0.05) is 5.41 Å². The predicted octanol–water partition coefficient (Wildman–Crippen LogP) is 2.61. The fourth-order valence-electron chi connectivity index (χ4n) is 2.20. The van der Waals surface area contributed by atoms with Crippen LogP contribution in [-0.4, -0.2) is 27.6 Å². The Labute approximate surface area is 119 Å². The predicted molar refractivity (Wildman–Crippen MR) is 76.5 cm³/mol. The second kappa shape index (κ2) is 5.75. The third-order valence-corrected chi connectivity index (χ3v) is 3.52. The Morgan fingerprint density at radius 3 is 2.00 bits per heavy atom. The number of hydrogen-bond donors (Lipinski definition) is 2. The molecule has 110 valence electrons. The molecule has 0 radical (unpaired) electrons. The summed E-state index contributed by atoms with van der Waals surface area (Å²) in [6, 6.07) is 8.61. The van der Waals surface area contributed by atoms with Crippen LogP contribution in [0.15, 0.2) is 30.3 Å². The van der Waals surface area contributed by atoms with Gasteiger partial charge in [0.15, 0.2) is 5.60 Å². The fourth-order valence-corrected chi connectivity index (χ4v) is 2.20. The molecule has 0 saturated carbocycles. The van der Waals surface area contributed by atoms with Gasteiger partial charge in [0.2, 0.25) is 0 Å². The molecule has 2 unspecified atom stereocenters. The highest BCUT2D eigenvalue weighted by Gasteiger charge is 2.49. The minimum absolute atomic E-state index is 0.0380. The number of rotatable bonds is 5. The van der Waals surface area contributed by atoms with Crippen LogP contribution >= 0.6 is 0 Å². The number of Topliss-reactive ketones (excluding diaryl/α,β-unsaturated/α-hetero) is 1. The molecule has 1 rings (SSSR count). The summed E-state index contributed by atoms with van der Waals surface area (Å²) in [6.45, 7) is 6.75. The molecule has 0 aliphatic carbocycles. The smallest absolute Gasteiger partial charge is 0.336 e. The summed E-state index contributed by atoms with van der Waals surface area (Å²) in [5.74, 6) is -2.73. The Bertz CT molecular complexity index is 487. The number of benzene rings is 1. The summed E-state index contributed by atoms with van der Waals surface area (Å²) in [5, 5.41) is 19.9. The van der Waals surface area contributed by atoms with Crippen LogP contribution in [0.3, 0.4) is 0 Å². The first-order valence-electron chi connectivity index (χ1n) is 6.69. The number of carboxylic acid groups (broad SMARTS) is 1. The van der Waals surface area contributed by atoms with Crippen molar-refractivity contribution in [2.45, 2.75) is 45.6 Å². The molecular formula is C16H22O4. The number of hydrogen-bond acceptors (Lipinski definition) is 3. The highest BCUT2D eigenvalue weighted by atomic mass is 16.4. The molecule has 0 heterocycles. The Morgan fingerprint density at radius 2 is 1.65 bits per heavy atom. The molecule has 4 nitrogen and oxygen atoms in total. The van der Waals surface area contributed by atoms with E-state index in [9.17, 15) is 19.8 Å². The average molecular weight is 278 g/mol. The maximum atomic E-state index is 12.7. The van der Waals surface area contributed by atoms with Crippen LogP contribution in [0.4, 0.5) is 0 Å². The third-order valence-electron chi connectivity index (χ3n) is 3.52. The van der Waals surface area contributed by atoms with E-state index < -0.39 is 22.9 Å². The molecule has 0 fully saturated rings. The first-order valence-corrected chi connectivity index (χ1v) is 6.69. The summed E-state index contributed by atoms with van der Waals surface area (Å²) in [6.07, 6.45) is -0.0380. The van der Waals surface area contributed by atoms with E-state index in [0.29, 0.717) is 5.56 Å². The van der Waals surface area contributed by atoms with Crippen molar-refractivity contribution in [3.05, 3.63) is 35.9 Å². The Hall–Kier alpha value is -1.68. The number of carboxylic acids is 1. The molecule has 4 heteroatoms. The molecule has 0 aromatic heterocycles. The van der Waals surface area contributed by atoms with Crippen LogP contribution in [0.5, 0.6) is 0 Å². The van der Waals surface area contributed by atoms with E-state index in [0.717, 1.165) is 0 Å². The van der Waals surface area contributed by atoms with Gasteiger partial charge in [-0.25, -0.2) is 4.79 Å². The summed E-state index contributed by atoms with van der Waals surface area (Å²) < 4.78 is 0. The van der Waals surface area contributed by atoms with Crippen molar-refractivity contribution < 1.29 is 19.8 Å². The Balaban J connectivity index is 3.43. The van der Waals surface area contributed by atoms with Gasteiger partial charge in [-0.05, 0) is 12.0 Å². The van der Waals surface area contributed by atoms with Gasteiger partial charge < -0.3 is 10.2 Å². The molecule has 20 heavy (non-hydrogen) atoms. The van der Waals surface area contributed by atoms with Gasteiger partial charge in [0.25, 0.3) is 0 Å². The van der Waals surface area contributed by atoms with Crippen molar-refractivity contribution >= 4 is 11.8 Å². The van der Waals surface area contributed by atoms with Crippen molar-refractivity contribution in [3.63, 3.8) is 0 Å². The Morgan fingerprint density at radius 1 is 1.15 bits per heavy atom. The van der Waals surface area contributed by atoms with Crippen LogP contribution < -0.4 is 0 Å². The number of aliphatic hydroxyl groups is 1. The number of carbonyl (C=O) groups excluding carboxylic acids is 1. The SMILES string of the molecule is CCC(O)(C(=O)O)C(C(=O)C(C)(C)C)c1ccccc1. The Kier molecular flexibility index (Phi) is 4.71. The molecule has 0 spiro atoms. The summed E-state index contributed by atoms with van der Waals surface area (Å²) >= 11 is 0. The monoisotopic (exact) mass is 278 g/mol. The van der Waals surface area contributed by atoms with Gasteiger partial charge in [-0.3, -0.25) is 4.79 Å². The second-order valence-corrected chi connectivity index (χ2v) is 6.04.